The average Bonchev–Trinajstić information content (AvgIpc) is 3.83. The van der Waals surface area contributed by atoms with Crippen LogP contribution in [0, 0.1) is 11.8 Å². The standard InChI is InChI=1S/C22H28N2O3.C15H16O/c1-22(2,3)27-21(26)24-19-16(17(20(24)25)12-23(4)5)11-14-7-6-8-15(18(14)19)13-9-10-13;16-12-7-11-6-10-2-1-3-13(9-4-5-9)15(10)14(11)8-12/h6-8,12-13,16,19H,9-11H2,1-5H3;1-3,9,11,14H,4-8H2/b17-12+;. The second kappa shape index (κ2) is 10.3. The Balaban J connectivity index is 0.000000158. The summed E-state index contributed by atoms with van der Waals surface area (Å²) in [7, 11) is 3.81. The number of hydrogen-bond acceptors (Lipinski definition) is 5. The third kappa shape index (κ3) is 5.21. The van der Waals surface area contributed by atoms with Gasteiger partial charge in [0.25, 0.3) is 5.91 Å². The molecule has 0 radical (unpaired) electrons. The van der Waals surface area contributed by atoms with E-state index in [1.165, 1.54) is 47.3 Å². The number of nitrogens with zero attached hydrogens (tertiary/aromatic N) is 2. The van der Waals surface area contributed by atoms with Crippen molar-refractivity contribution in [3.05, 3.63) is 81.6 Å². The molecule has 0 spiro atoms. The van der Waals surface area contributed by atoms with Gasteiger partial charge in [-0.05, 0) is 116 Å². The molecule has 0 aromatic heterocycles. The Bertz CT molecular complexity index is 1520. The minimum Gasteiger partial charge on any atom is -0.443 e. The van der Waals surface area contributed by atoms with Crippen LogP contribution in [0.3, 0.4) is 0 Å². The molecule has 4 atom stereocenters. The lowest BCUT2D eigenvalue weighted by Crippen LogP contribution is -2.39. The van der Waals surface area contributed by atoms with Gasteiger partial charge in [-0.1, -0.05) is 36.4 Å². The van der Waals surface area contributed by atoms with E-state index < -0.39 is 11.7 Å². The van der Waals surface area contributed by atoms with Crippen molar-refractivity contribution in [2.75, 3.05) is 14.1 Å². The molecule has 1 heterocycles. The third-order valence-electron chi connectivity index (χ3n) is 10.1. The highest BCUT2D eigenvalue weighted by Crippen LogP contribution is 2.55. The maximum absolute atomic E-state index is 13.2. The number of carbonyl (C=O) groups is 3. The van der Waals surface area contributed by atoms with E-state index in [0.717, 1.165) is 31.6 Å². The molecule has 4 unspecified atom stereocenters. The minimum atomic E-state index is -0.641. The summed E-state index contributed by atoms with van der Waals surface area (Å²) < 4.78 is 5.61. The van der Waals surface area contributed by atoms with Crippen molar-refractivity contribution in [3.8, 4) is 0 Å². The smallest absolute Gasteiger partial charge is 0.417 e. The SMILES string of the molecule is CN(C)/C=C1/C(=O)N(C(=O)OC(C)(C)C)C2c3c(cccc3C3CC3)CC12.O=C1CC2Cc3cccc(C4CC4)c3C2C1. The lowest BCUT2D eigenvalue weighted by atomic mass is 9.91. The van der Waals surface area contributed by atoms with Crippen molar-refractivity contribution >= 4 is 17.8 Å². The fourth-order valence-electron chi connectivity index (χ4n) is 8.20. The van der Waals surface area contributed by atoms with Gasteiger partial charge in [0.15, 0.2) is 0 Å². The van der Waals surface area contributed by atoms with Crippen LogP contribution in [-0.4, -0.2) is 47.3 Å². The highest BCUT2D eigenvalue weighted by Gasteiger charge is 2.54. The first kappa shape index (κ1) is 28.4. The number of rotatable bonds is 3. The molecule has 2 amide bonds. The molecule has 226 valence electrons. The van der Waals surface area contributed by atoms with Crippen LogP contribution in [-0.2, 0) is 27.2 Å². The Morgan fingerprint density at radius 2 is 1.44 bits per heavy atom. The normalized spacial score (nSPS) is 27.8. The number of hydrogen-bond donors (Lipinski definition) is 0. The molecule has 4 fully saturated rings. The van der Waals surface area contributed by atoms with Crippen LogP contribution in [0.2, 0.25) is 0 Å². The summed E-state index contributed by atoms with van der Waals surface area (Å²) in [5.41, 5.74) is 8.54. The molecular formula is C37H44N2O4. The molecule has 1 saturated heterocycles. The van der Waals surface area contributed by atoms with Gasteiger partial charge in [0.2, 0.25) is 0 Å². The first-order valence-corrected chi connectivity index (χ1v) is 16.2. The molecular weight excluding hydrogens is 536 g/mol. The number of benzene rings is 2. The van der Waals surface area contributed by atoms with Crippen LogP contribution < -0.4 is 0 Å². The maximum atomic E-state index is 13.2. The molecule has 2 aromatic carbocycles. The van der Waals surface area contributed by atoms with Gasteiger partial charge in [0.05, 0.1) is 6.04 Å². The van der Waals surface area contributed by atoms with Gasteiger partial charge in [-0.2, -0.15) is 0 Å². The van der Waals surface area contributed by atoms with E-state index in [0.29, 0.717) is 29.1 Å². The van der Waals surface area contributed by atoms with E-state index in [-0.39, 0.29) is 17.9 Å². The van der Waals surface area contributed by atoms with E-state index in [2.05, 4.69) is 36.4 Å². The highest BCUT2D eigenvalue weighted by atomic mass is 16.6. The van der Waals surface area contributed by atoms with Gasteiger partial charge >= 0.3 is 6.09 Å². The molecule has 0 N–H and O–H groups in total. The zero-order valence-corrected chi connectivity index (χ0v) is 26.2. The number of carbonyl (C=O) groups excluding carboxylic acids is 3. The van der Waals surface area contributed by atoms with E-state index in [1.54, 1.807) is 16.7 Å². The number of likely N-dealkylation sites (tertiary alicyclic amines) is 1. The monoisotopic (exact) mass is 580 g/mol. The molecule has 8 rings (SSSR count). The van der Waals surface area contributed by atoms with Crippen LogP contribution in [0.5, 0.6) is 0 Å². The van der Waals surface area contributed by atoms with Crippen LogP contribution in [0.25, 0.3) is 0 Å². The lowest BCUT2D eigenvalue weighted by molar-refractivity contribution is -0.125. The minimum absolute atomic E-state index is 0.00215. The molecule has 6 aliphatic rings. The Kier molecular flexibility index (Phi) is 6.83. The molecule has 2 aromatic rings. The van der Waals surface area contributed by atoms with Crippen LogP contribution in [0.4, 0.5) is 4.79 Å². The predicted molar refractivity (Wildman–Crippen MR) is 166 cm³/mol. The van der Waals surface area contributed by atoms with Gasteiger partial charge < -0.3 is 9.64 Å². The van der Waals surface area contributed by atoms with Gasteiger partial charge in [-0.25, -0.2) is 9.69 Å². The second-order valence-electron chi connectivity index (χ2n) is 14.9. The molecule has 5 aliphatic carbocycles. The molecule has 0 bridgehead atoms. The summed E-state index contributed by atoms with van der Waals surface area (Å²) in [5, 5.41) is 0. The molecule has 1 aliphatic heterocycles. The van der Waals surface area contributed by atoms with Gasteiger partial charge in [0.1, 0.15) is 11.4 Å². The van der Waals surface area contributed by atoms with E-state index in [1.807, 2.05) is 46.0 Å². The van der Waals surface area contributed by atoms with Crippen molar-refractivity contribution < 1.29 is 19.1 Å². The fourth-order valence-corrected chi connectivity index (χ4v) is 8.20. The van der Waals surface area contributed by atoms with Crippen molar-refractivity contribution in [2.45, 2.75) is 102 Å². The lowest BCUT2D eigenvalue weighted by Gasteiger charge is -2.28. The first-order valence-electron chi connectivity index (χ1n) is 16.2. The van der Waals surface area contributed by atoms with Crippen LogP contribution in [0.1, 0.15) is 116 Å². The second-order valence-corrected chi connectivity index (χ2v) is 14.9. The number of ether oxygens (including phenoxy) is 1. The summed E-state index contributed by atoms with van der Waals surface area (Å²) in [6, 6.07) is 13.0. The summed E-state index contributed by atoms with van der Waals surface area (Å²) in [6.07, 6.45) is 10.0. The van der Waals surface area contributed by atoms with Gasteiger partial charge in [0, 0.05) is 44.6 Å². The fraction of sp³-hybridized carbons (Fsp3) is 0.541. The Labute approximate surface area is 255 Å². The third-order valence-corrected chi connectivity index (χ3v) is 10.1. The molecule has 43 heavy (non-hydrogen) atoms. The molecule has 6 nitrogen and oxygen atoms in total. The van der Waals surface area contributed by atoms with E-state index in [4.69, 9.17) is 4.74 Å². The quantitative estimate of drug-likeness (QED) is 0.360. The average molecular weight is 581 g/mol. The molecule has 6 heteroatoms. The topological polar surface area (TPSA) is 66.9 Å². The summed E-state index contributed by atoms with van der Waals surface area (Å²) >= 11 is 0. The first-order chi connectivity index (χ1) is 20.5. The summed E-state index contributed by atoms with van der Waals surface area (Å²) in [4.78, 5) is 41.0. The molecule has 3 saturated carbocycles. The maximum Gasteiger partial charge on any atom is 0.417 e. The van der Waals surface area contributed by atoms with Crippen LogP contribution in [0.15, 0.2) is 48.2 Å². The van der Waals surface area contributed by atoms with Crippen molar-refractivity contribution in [2.24, 2.45) is 11.8 Å². The van der Waals surface area contributed by atoms with Gasteiger partial charge in [-0.15, -0.1) is 0 Å². The number of Topliss-reactive ketones (excluding diaryl/α,β-unsaturated/α-hetero) is 1. The number of fused-ring (bicyclic) bond motifs is 6. The van der Waals surface area contributed by atoms with Crippen molar-refractivity contribution in [1.29, 1.82) is 0 Å². The van der Waals surface area contributed by atoms with E-state index >= 15 is 0 Å². The zero-order valence-electron chi connectivity index (χ0n) is 26.2. The number of imide groups is 1. The zero-order chi connectivity index (χ0) is 30.2. The van der Waals surface area contributed by atoms with Gasteiger partial charge in [-0.3, -0.25) is 9.59 Å². The summed E-state index contributed by atoms with van der Waals surface area (Å²) in [5.74, 6) is 2.89. The largest absolute Gasteiger partial charge is 0.443 e. The Morgan fingerprint density at radius 3 is 2.02 bits per heavy atom. The number of ketones is 1. The highest BCUT2D eigenvalue weighted by molar-refractivity contribution is 6.06. The number of amides is 2. The Morgan fingerprint density at radius 1 is 0.837 bits per heavy atom. The van der Waals surface area contributed by atoms with Crippen molar-refractivity contribution in [1.82, 2.24) is 9.80 Å². The van der Waals surface area contributed by atoms with Crippen molar-refractivity contribution in [3.63, 3.8) is 0 Å². The van der Waals surface area contributed by atoms with E-state index in [9.17, 15) is 14.4 Å². The summed E-state index contributed by atoms with van der Waals surface area (Å²) in [6.45, 7) is 5.49. The van der Waals surface area contributed by atoms with Crippen LogP contribution >= 0.6 is 0 Å². The Hall–Kier alpha value is -3.41. The predicted octanol–water partition coefficient (Wildman–Crippen LogP) is 7.18.